The summed E-state index contributed by atoms with van der Waals surface area (Å²) in [5.74, 6) is 1.99. The van der Waals surface area contributed by atoms with E-state index < -0.39 is 0 Å². The van der Waals surface area contributed by atoms with Crippen LogP contribution in [0.1, 0.15) is 24.5 Å². The highest BCUT2D eigenvalue weighted by Crippen LogP contribution is 2.31. The Labute approximate surface area is 195 Å². The minimum absolute atomic E-state index is 0.0424. The number of aromatic nitrogens is 4. The minimum Gasteiger partial charge on any atom is -0.497 e. The van der Waals surface area contributed by atoms with Gasteiger partial charge in [-0.2, -0.15) is 0 Å². The van der Waals surface area contributed by atoms with Crippen LogP contribution < -0.4 is 4.74 Å². The molecule has 1 atom stereocenters. The van der Waals surface area contributed by atoms with Gasteiger partial charge in [-0.1, -0.05) is 23.9 Å². The molecule has 6 nitrogen and oxygen atoms in total. The summed E-state index contributed by atoms with van der Waals surface area (Å²) in [5.41, 5.74) is 2.83. The van der Waals surface area contributed by atoms with Crippen molar-refractivity contribution in [3.8, 4) is 22.0 Å². The molecule has 0 saturated carbocycles. The number of methoxy groups -OCH3 is 1. The van der Waals surface area contributed by atoms with Crippen LogP contribution >= 0.6 is 23.1 Å². The lowest BCUT2D eigenvalue weighted by Crippen LogP contribution is -2.20. The van der Waals surface area contributed by atoms with E-state index in [4.69, 9.17) is 9.72 Å². The molecule has 0 aliphatic rings. The maximum Gasteiger partial charge on any atom is 0.196 e. The molecular weight excluding hydrogens is 445 g/mol. The van der Waals surface area contributed by atoms with Gasteiger partial charge in [-0.25, -0.2) is 9.37 Å². The van der Waals surface area contributed by atoms with E-state index in [-0.39, 0.29) is 11.9 Å². The number of ether oxygens (including phenoxy) is 1. The number of halogens is 1. The molecule has 9 heteroatoms. The normalized spacial score (nSPS) is 12.3. The van der Waals surface area contributed by atoms with Crippen molar-refractivity contribution in [2.75, 3.05) is 21.2 Å². The Morgan fingerprint density at radius 1 is 1.16 bits per heavy atom. The molecule has 4 aromatic rings. The largest absolute Gasteiger partial charge is 0.497 e. The van der Waals surface area contributed by atoms with Crippen LogP contribution in [0.15, 0.2) is 59.1 Å². The van der Waals surface area contributed by atoms with Crippen LogP contribution in [0.3, 0.4) is 0 Å². The van der Waals surface area contributed by atoms with E-state index in [2.05, 4.69) is 27.4 Å². The molecular formula is C23H24FN5OS2. The van der Waals surface area contributed by atoms with Crippen LogP contribution in [0.25, 0.3) is 16.3 Å². The second-order valence-electron chi connectivity index (χ2n) is 7.46. The van der Waals surface area contributed by atoms with Crippen molar-refractivity contribution in [3.05, 3.63) is 71.2 Å². The van der Waals surface area contributed by atoms with Crippen molar-refractivity contribution in [3.63, 3.8) is 0 Å². The predicted octanol–water partition coefficient (Wildman–Crippen LogP) is 5.45. The van der Waals surface area contributed by atoms with Crippen LogP contribution in [-0.4, -0.2) is 45.9 Å². The lowest BCUT2D eigenvalue weighted by Gasteiger charge is -2.20. The van der Waals surface area contributed by atoms with E-state index in [1.807, 2.05) is 42.9 Å². The average molecular weight is 470 g/mol. The fourth-order valence-corrected chi connectivity index (χ4v) is 4.88. The molecule has 2 aromatic carbocycles. The van der Waals surface area contributed by atoms with Crippen LogP contribution in [0.2, 0.25) is 0 Å². The van der Waals surface area contributed by atoms with Crippen LogP contribution in [-0.2, 0) is 5.75 Å². The molecule has 0 N–H and O–H groups in total. The van der Waals surface area contributed by atoms with Crippen molar-refractivity contribution in [1.82, 2.24) is 24.6 Å². The summed E-state index contributed by atoms with van der Waals surface area (Å²) in [7, 11) is 5.65. The summed E-state index contributed by atoms with van der Waals surface area (Å²) < 4.78 is 20.8. The Bertz CT molecular complexity index is 1190. The van der Waals surface area contributed by atoms with Crippen molar-refractivity contribution >= 4 is 23.1 Å². The Morgan fingerprint density at radius 2 is 1.94 bits per heavy atom. The van der Waals surface area contributed by atoms with Crippen molar-refractivity contribution in [2.45, 2.75) is 23.9 Å². The Hall–Kier alpha value is -2.75. The fraction of sp³-hybridized carbons (Fsp3) is 0.261. The number of nitrogens with zero attached hydrogens (tertiary/aromatic N) is 5. The number of hydrogen-bond donors (Lipinski definition) is 0. The highest BCUT2D eigenvalue weighted by atomic mass is 32.2. The summed E-state index contributed by atoms with van der Waals surface area (Å²) in [6, 6.07) is 14.3. The van der Waals surface area contributed by atoms with Crippen LogP contribution in [0.5, 0.6) is 5.75 Å². The third-order valence-electron chi connectivity index (χ3n) is 5.11. The monoisotopic (exact) mass is 469 g/mol. The molecule has 0 radical (unpaired) electrons. The summed E-state index contributed by atoms with van der Waals surface area (Å²) in [5, 5.41) is 12.6. The van der Waals surface area contributed by atoms with E-state index >= 15 is 0 Å². The van der Waals surface area contributed by atoms with Crippen molar-refractivity contribution < 1.29 is 9.13 Å². The van der Waals surface area contributed by atoms with E-state index in [0.29, 0.717) is 5.75 Å². The van der Waals surface area contributed by atoms with Crippen LogP contribution in [0, 0.1) is 5.82 Å². The molecule has 0 amide bonds. The van der Waals surface area contributed by atoms with Crippen molar-refractivity contribution in [1.29, 1.82) is 0 Å². The zero-order chi connectivity index (χ0) is 22.7. The molecule has 0 aliphatic carbocycles. The average Bonchev–Trinajstić information content (AvgIpc) is 3.45. The van der Waals surface area contributed by atoms with Gasteiger partial charge in [0.1, 0.15) is 16.6 Å². The van der Waals surface area contributed by atoms with Gasteiger partial charge in [0.05, 0.1) is 18.8 Å². The third-order valence-corrected chi connectivity index (χ3v) is 7.01. The first-order valence-electron chi connectivity index (χ1n) is 10.1. The summed E-state index contributed by atoms with van der Waals surface area (Å²) in [6.07, 6.45) is 0. The molecule has 2 aromatic heterocycles. The van der Waals surface area contributed by atoms with E-state index in [1.54, 1.807) is 42.3 Å². The quantitative estimate of drug-likeness (QED) is 0.320. The third kappa shape index (κ3) is 4.85. The van der Waals surface area contributed by atoms with Gasteiger partial charge >= 0.3 is 0 Å². The lowest BCUT2D eigenvalue weighted by molar-refractivity contribution is 0.305. The first-order valence-corrected chi connectivity index (χ1v) is 11.9. The molecule has 0 unspecified atom stereocenters. The molecule has 4 rings (SSSR count). The first-order chi connectivity index (χ1) is 15.5. The summed E-state index contributed by atoms with van der Waals surface area (Å²) in [6.45, 7) is 2.07. The summed E-state index contributed by atoms with van der Waals surface area (Å²) in [4.78, 5) is 6.85. The number of hydrogen-bond acceptors (Lipinski definition) is 7. The van der Waals surface area contributed by atoms with Gasteiger partial charge in [0, 0.05) is 22.4 Å². The molecule has 0 bridgehead atoms. The molecule has 166 valence electrons. The van der Waals surface area contributed by atoms with Gasteiger partial charge in [-0.3, -0.25) is 9.47 Å². The zero-order valence-corrected chi connectivity index (χ0v) is 20.0. The van der Waals surface area contributed by atoms with Gasteiger partial charge in [-0.15, -0.1) is 21.5 Å². The SMILES string of the molecule is COc1cccc(-c2nc(CSc3nnc([C@H](C)N(C)C)n3-c3ccc(F)cc3)cs2)c1. The second-order valence-corrected chi connectivity index (χ2v) is 9.26. The molecule has 32 heavy (non-hydrogen) atoms. The Kier molecular flexibility index (Phi) is 6.88. The second kappa shape index (κ2) is 9.81. The maximum atomic E-state index is 13.5. The summed E-state index contributed by atoms with van der Waals surface area (Å²) >= 11 is 3.16. The Balaban J connectivity index is 1.58. The standard InChI is InChI=1S/C23H24FN5OS2/c1-15(28(2)3)21-26-27-23(29(21)19-10-8-17(24)9-11-19)32-14-18-13-31-22(25-18)16-6-5-7-20(12-16)30-4/h5-13,15H,14H2,1-4H3/t15-/m0/s1. The fourth-order valence-electron chi connectivity index (χ4n) is 3.11. The number of rotatable bonds is 8. The van der Waals surface area contributed by atoms with Gasteiger partial charge < -0.3 is 4.74 Å². The molecule has 0 aliphatic heterocycles. The molecule has 2 heterocycles. The number of benzene rings is 2. The smallest absolute Gasteiger partial charge is 0.196 e. The Morgan fingerprint density at radius 3 is 2.66 bits per heavy atom. The number of thioether (sulfide) groups is 1. The van der Waals surface area contributed by atoms with E-state index in [1.165, 1.54) is 12.1 Å². The molecule has 0 fully saturated rings. The number of thiazole rings is 1. The maximum absolute atomic E-state index is 13.5. The highest BCUT2D eigenvalue weighted by Gasteiger charge is 2.21. The van der Waals surface area contributed by atoms with Gasteiger partial charge in [0.15, 0.2) is 11.0 Å². The predicted molar refractivity (Wildman–Crippen MR) is 127 cm³/mol. The first kappa shape index (κ1) is 22.4. The molecule has 0 saturated heterocycles. The van der Waals surface area contributed by atoms with Gasteiger partial charge in [-0.05, 0) is 57.4 Å². The molecule has 0 spiro atoms. The van der Waals surface area contributed by atoms with Gasteiger partial charge in [0.25, 0.3) is 0 Å². The van der Waals surface area contributed by atoms with E-state index in [0.717, 1.165) is 38.7 Å². The highest BCUT2D eigenvalue weighted by molar-refractivity contribution is 7.98. The van der Waals surface area contributed by atoms with E-state index in [9.17, 15) is 4.39 Å². The van der Waals surface area contributed by atoms with Crippen molar-refractivity contribution in [2.24, 2.45) is 0 Å². The van der Waals surface area contributed by atoms with Gasteiger partial charge in [0.2, 0.25) is 0 Å². The minimum atomic E-state index is -0.272. The topological polar surface area (TPSA) is 56.1 Å². The van der Waals surface area contributed by atoms with Crippen LogP contribution in [0.4, 0.5) is 4.39 Å². The lowest BCUT2D eigenvalue weighted by atomic mass is 10.2. The zero-order valence-electron chi connectivity index (χ0n) is 18.3.